The molecule has 0 aliphatic carbocycles. The van der Waals surface area contributed by atoms with Gasteiger partial charge in [0.25, 0.3) is 0 Å². The van der Waals surface area contributed by atoms with E-state index in [4.69, 9.17) is 18.0 Å². The smallest absolute Gasteiger partial charge is 0.0669 e. The van der Waals surface area contributed by atoms with E-state index in [1.807, 2.05) is 24.4 Å². The van der Waals surface area contributed by atoms with Crippen LogP contribution >= 0.6 is 11.6 Å². The minimum Gasteiger partial charge on any atom is -0.345 e. The highest BCUT2D eigenvalue weighted by Gasteiger charge is 2.03. The molecule has 0 spiro atoms. The van der Waals surface area contributed by atoms with Crippen LogP contribution in [0.2, 0.25) is 5.02 Å². The maximum absolute atomic E-state index is 6.11. The fraction of sp³-hybridized carbons (Fsp3) is 0.167. The molecule has 1 heterocycles. The fourth-order valence-corrected chi connectivity index (χ4v) is 1.88. The second-order valence-corrected chi connectivity index (χ2v) is 3.55. The Hall–Kier alpha value is -1.39. The average Bonchev–Trinajstić information content (AvgIpc) is 2.59. The number of benzene rings is 1. The molecule has 1 nitrogen and oxygen atoms in total. The van der Waals surface area contributed by atoms with E-state index >= 15 is 0 Å². The maximum Gasteiger partial charge on any atom is 0.0669 e. The number of hydrogen-bond acceptors (Lipinski definition) is 0. The Morgan fingerprint density at radius 2 is 2.21 bits per heavy atom. The van der Waals surface area contributed by atoms with E-state index in [-0.39, 0.29) is 0 Å². The van der Waals surface area contributed by atoms with Crippen molar-refractivity contribution in [3.63, 3.8) is 0 Å². The Kier molecular flexibility index (Phi) is 2.47. The van der Waals surface area contributed by atoms with Crippen LogP contribution in [0.15, 0.2) is 30.5 Å². The highest BCUT2D eigenvalue weighted by atomic mass is 35.5. The van der Waals surface area contributed by atoms with Crippen molar-refractivity contribution in [1.82, 2.24) is 4.57 Å². The third kappa shape index (κ3) is 1.49. The summed E-state index contributed by atoms with van der Waals surface area (Å²) in [5.41, 5.74) is 1.07. The predicted molar refractivity (Wildman–Crippen MR) is 60.4 cm³/mol. The van der Waals surface area contributed by atoms with Crippen LogP contribution in [0.5, 0.6) is 0 Å². The van der Waals surface area contributed by atoms with Gasteiger partial charge in [-0.3, -0.25) is 0 Å². The van der Waals surface area contributed by atoms with Crippen molar-refractivity contribution >= 4 is 22.5 Å². The second-order valence-electron chi connectivity index (χ2n) is 3.14. The first-order valence-corrected chi connectivity index (χ1v) is 4.87. The lowest BCUT2D eigenvalue weighted by Crippen LogP contribution is -1.94. The number of para-hydroxylation sites is 1. The normalized spacial score (nSPS) is 10.3. The molecule has 0 saturated carbocycles. The molecule has 0 radical (unpaired) electrons. The number of nitrogens with zero attached hydrogens (tertiary/aromatic N) is 1. The van der Waals surface area contributed by atoms with Gasteiger partial charge in [-0.2, -0.15) is 0 Å². The monoisotopic (exact) mass is 203 g/mol. The Morgan fingerprint density at radius 1 is 1.36 bits per heavy atom. The first kappa shape index (κ1) is 9.18. The number of hydrogen-bond donors (Lipinski definition) is 0. The molecular weight excluding hydrogens is 194 g/mol. The topological polar surface area (TPSA) is 4.93 Å². The zero-order valence-corrected chi connectivity index (χ0v) is 8.46. The van der Waals surface area contributed by atoms with Crippen molar-refractivity contribution < 1.29 is 0 Å². The van der Waals surface area contributed by atoms with E-state index < -0.39 is 0 Å². The molecular formula is C12H10ClN. The van der Waals surface area contributed by atoms with Crippen molar-refractivity contribution in [1.29, 1.82) is 0 Å². The van der Waals surface area contributed by atoms with Gasteiger partial charge >= 0.3 is 0 Å². The molecule has 1 aromatic heterocycles. The van der Waals surface area contributed by atoms with Gasteiger partial charge in [-0.25, -0.2) is 0 Å². The number of aryl methyl sites for hydroxylation is 1. The molecule has 2 aromatic rings. The largest absolute Gasteiger partial charge is 0.345 e. The van der Waals surface area contributed by atoms with Gasteiger partial charge in [0.2, 0.25) is 0 Å². The van der Waals surface area contributed by atoms with Crippen molar-refractivity contribution in [3.8, 4) is 12.3 Å². The average molecular weight is 204 g/mol. The summed E-state index contributed by atoms with van der Waals surface area (Å²) >= 11 is 6.11. The van der Waals surface area contributed by atoms with Crippen molar-refractivity contribution in [2.45, 2.75) is 13.0 Å². The molecule has 0 unspecified atom stereocenters. The van der Waals surface area contributed by atoms with Gasteiger partial charge in [-0.15, -0.1) is 12.3 Å². The van der Waals surface area contributed by atoms with Crippen LogP contribution in [0.25, 0.3) is 10.9 Å². The summed E-state index contributed by atoms with van der Waals surface area (Å²) in [6, 6.07) is 7.96. The van der Waals surface area contributed by atoms with Crippen LogP contribution in [-0.4, -0.2) is 4.57 Å². The standard InChI is InChI=1S/C12H10ClN/c1-2-3-8-14-9-7-10-5-4-6-11(13)12(10)14/h1,4-7,9H,3,8H2. The highest BCUT2D eigenvalue weighted by Crippen LogP contribution is 2.24. The van der Waals surface area contributed by atoms with E-state index in [0.717, 1.165) is 28.9 Å². The SMILES string of the molecule is C#CCCn1ccc2cccc(Cl)c21. The maximum atomic E-state index is 6.11. The third-order valence-corrected chi connectivity index (χ3v) is 2.54. The summed E-state index contributed by atoms with van der Waals surface area (Å²) in [6.07, 6.45) is 7.98. The molecule has 0 aliphatic heterocycles. The highest BCUT2D eigenvalue weighted by molar-refractivity contribution is 6.35. The summed E-state index contributed by atoms with van der Waals surface area (Å²) in [6.45, 7) is 0.823. The first-order chi connectivity index (χ1) is 6.83. The molecule has 0 atom stereocenters. The lowest BCUT2D eigenvalue weighted by atomic mass is 10.2. The minimum absolute atomic E-state index is 0.731. The van der Waals surface area contributed by atoms with Gasteiger partial charge in [0, 0.05) is 24.5 Å². The van der Waals surface area contributed by atoms with Gasteiger partial charge in [0.05, 0.1) is 10.5 Å². The fourth-order valence-electron chi connectivity index (χ4n) is 1.59. The molecule has 0 saturated heterocycles. The molecule has 0 N–H and O–H groups in total. The van der Waals surface area contributed by atoms with E-state index in [9.17, 15) is 0 Å². The van der Waals surface area contributed by atoms with Crippen molar-refractivity contribution in [3.05, 3.63) is 35.5 Å². The quantitative estimate of drug-likeness (QED) is 0.660. The van der Waals surface area contributed by atoms with Crippen LogP contribution in [0.3, 0.4) is 0 Å². The Balaban J connectivity index is 2.51. The zero-order valence-electron chi connectivity index (χ0n) is 7.70. The Labute approximate surface area is 88.3 Å². The molecule has 0 amide bonds. The molecule has 70 valence electrons. The molecule has 0 fully saturated rings. The van der Waals surface area contributed by atoms with E-state index in [1.54, 1.807) is 0 Å². The number of aromatic nitrogens is 1. The summed E-state index contributed by atoms with van der Waals surface area (Å²) in [5.74, 6) is 2.63. The summed E-state index contributed by atoms with van der Waals surface area (Å²) in [4.78, 5) is 0. The van der Waals surface area contributed by atoms with E-state index in [0.29, 0.717) is 0 Å². The molecule has 14 heavy (non-hydrogen) atoms. The molecule has 0 aliphatic rings. The summed E-state index contributed by atoms with van der Waals surface area (Å²) in [5, 5.41) is 1.94. The Bertz CT molecular complexity index is 490. The lowest BCUT2D eigenvalue weighted by Gasteiger charge is -2.03. The number of rotatable bonds is 2. The third-order valence-electron chi connectivity index (χ3n) is 2.24. The van der Waals surface area contributed by atoms with Crippen molar-refractivity contribution in [2.24, 2.45) is 0 Å². The van der Waals surface area contributed by atoms with Crippen LogP contribution in [0, 0.1) is 12.3 Å². The molecule has 1 aromatic carbocycles. The van der Waals surface area contributed by atoms with Crippen LogP contribution in [0.1, 0.15) is 6.42 Å². The van der Waals surface area contributed by atoms with Gasteiger partial charge in [0.1, 0.15) is 0 Å². The van der Waals surface area contributed by atoms with Crippen molar-refractivity contribution in [2.75, 3.05) is 0 Å². The lowest BCUT2D eigenvalue weighted by molar-refractivity contribution is 0.749. The Morgan fingerprint density at radius 3 is 3.00 bits per heavy atom. The number of terminal acetylenes is 1. The number of halogens is 1. The van der Waals surface area contributed by atoms with Crippen LogP contribution in [0.4, 0.5) is 0 Å². The van der Waals surface area contributed by atoms with E-state index in [1.165, 1.54) is 0 Å². The summed E-state index contributed by atoms with van der Waals surface area (Å²) < 4.78 is 2.09. The van der Waals surface area contributed by atoms with Gasteiger partial charge in [0.15, 0.2) is 0 Å². The van der Waals surface area contributed by atoms with Gasteiger partial charge in [-0.05, 0) is 12.1 Å². The summed E-state index contributed by atoms with van der Waals surface area (Å²) in [7, 11) is 0. The minimum atomic E-state index is 0.731. The van der Waals surface area contributed by atoms with Crippen LogP contribution < -0.4 is 0 Å². The van der Waals surface area contributed by atoms with Crippen LogP contribution in [-0.2, 0) is 6.54 Å². The zero-order chi connectivity index (χ0) is 9.97. The number of fused-ring (bicyclic) bond motifs is 1. The van der Waals surface area contributed by atoms with Gasteiger partial charge in [-0.1, -0.05) is 23.7 Å². The second kappa shape index (κ2) is 3.77. The molecule has 2 heteroatoms. The van der Waals surface area contributed by atoms with Gasteiger partial charge < -0.3 is 4.57 Å². The predicted octanol–water partition coefficient (Wildman–Crippen LogP) is 3.32. The first-order valence-electron chi connectivity index (χ1n) is 4.50. The van der Waals surface area contributed by atoms with E-state index in [2.05, 4.69) is 16.6 Å². The molecule has 2 rings (SSSR count). The molecule has 0 bridgehead atoms.